The quantitative estimate of drug-likeness (QED) is 0.844. The lowest BCUT2D eigenvalue weighted by atomic mass is 9.83. The van der Waals surface area contributed by atoms with E-state index < -0.39 is 0 Å². The number of amides is 1. The topological polar surface area (TPSA) is 64.3 Å². The lowest BCUT2D eigenvalue weighted by molar-refractivity contribution is 0.0910. The molecule has 1 aliphatic carbocycles. The molecule has 5 heteroatoms. The molecule has 22 heavy (non-hydrogen) atoms. The van der Waals surface area contributed by atoms with Gasteiger partial charge in [0, 0.05) is 25.3 Å². The van der Waals surface area contributed by atoms with E-state index in [0.717, 1.165) is 5.56 Å². The smallest absolute Gasteiger partial charge is 0.251 e. The molecule has 0 aliphatic heterocycles. The van der Waals surface area contributed by atoms with E-state index in [1.165, 1.54) is 32.1 Å². The summed E-state index contributed by atoms with van der Waals surface area (Å²) in [6.07, 6.45) is 6.14. The number of benzene rings is 1. The molecule has 3 N–H and O–H groups in total. The summed E-state index contributed by atoms with van der Waals surface area (Å²) in [4.78, 5) is 12.5. The Balaban J connectivity index is 0.00000242. The summed E-state index contributed by atoms with van der Waals surface area (Å²) in [5.41, 5.74) is 7.49. The highest BCUT2D eigenvalue weighted by molar-refractivity contribution is 5.95. The van der Waals surface area contributed by atoms with Crippen molar-refractivity contribution in [2.24, 2.45) is 11.7 Å². The molecule has 1 aromatic rings. The van der Waals surface area contributed by atoms with E-state index in [1.807, 2.05) is 24.3 Å². The Morgan fingerprint density at radius 2 is 2.00 bits per heavy atom. The van der Waals surface area contributed by atoms with E-state index in [2.05, 4.69) is 5.32 Å². The highest BCUT2D eigenvalue weighted by atomic mass is 35.5. The first-order valence-corrected chi connectivity index (χ1v) is 7.84. The number of rotatable bonds is 6. The molecule has 0 radical (unpaired) electrons. The van der Waals surface area contributed by atoms with Gasteiger partial charge in [0.2, 0.25) is 0 Å². The van der Waals surface area contributed by atoms with Gasteiger partial charge in [0.1, 0.15) is 0 Å². The number of methoxy groups -OCH3 is 1. The molecule has 1 atom stereocenters. The van der Waals surface area contributed by atoms with Crippen LogP contribution in [0.4, 0.5) is 0 Å². The molecule has 1 aromatic carbocycles. The maximum Gasteiger partial charge on any atom is 0.251 e. The Kier molecular flexibility index (Phi) is 8.46. The van der Waals surface area contributed by atoms with Crippen LogP contribution >= 0.6 is 12.4 Å². The van der Waals surface area contributed by atoms with Crippen molar-refractivity contribution >= 4 is 18.3 Å². The fourth-order valence-corrected chi connectivity index (χ4v) is 3.18. The van der Waals surface area contributed by atoms with Gasteiger partial charge in [0.25, 0.3) is 5.91 Å². The maximum absolute atomic E-state index is 12.5. The Hall–Kier alpha value is -1.10. The number of halogens is 1. The first-order valence-electron chi connectivity index (χ1n) is 7.84. The van der Waals surface area contributed by atoms with Crippen molar-refractivity contribution in [3.63, 3.8) is 0 Å². The highest BCUT2D eigenvalue weighted by Gasteiger charge is 2.24. The summed E-state index contributed by atoms with van der Waals surface area (Å²) in [5.74, 6) is 0.478. The first kappa shape index (κ1) is 18.9. The molecule has 1 aliphatic rings. The maximum atomic E-state index is 12.5. The Morgan fingerprint density at radius 3 is 2.64 bits per heavy atom. The third-order valence-electron chi connectivity index (χ3n) is 4.35. The van der Waals surface area contributed by atoms with Crippen LogP contribution in [0.3, 0.4) is 0 Å². The highest BCUT2D eigenvalue weighted by Crippen LogP contribution is 2.26. The van der Waals surface area contributed by atoms with E-state index in [4.69, 9.17) is 10.5 Å². The van der Waals surface area contributed by atoms with Gasteiger partial charge in [0.05, 0.1) is 6.61 Å². The second-order valence-electron chi connectivity index (χ2n) is 5.80. The van der Waals surface area contributed by atoms with Gasteiger partial charge in [-0.3, -0.25) is 4.79 Å². The van der Waals surface area contributed by atoms with Crippen LogP contribution < -0.4 is 11.1 Å². The second kappa shape index (κ2) is 9.82. The van der Waals surface area contributed by atoms with Crippen molar-refractivity contribution in [1.29, 1.82) is 0 Å². The molecular weight excluding hydrogens is 300 g/mol. The zero-order valence-electron chi connectivity index (χ0n) is 13.2. The molecule has 124 valence electrons. The summed E-state index contributed by atoms with van der Waals surface area (Å²) in [7, 11) is 1.64. The summed E-state index contributed by atoms with van der Waals surface area (Å²) in [5, 5.41) is 3.13. The number of ether oxygens (including phenoxy) is 1. The zero-order valence-corrected chi connectivity index (χ0v) is 14.0. The van der Waals surface area contributed by atoms with Crippen molar-refractivity contribution in [3.05, 3.63) is 35.4 Å². The van der Waals surface area contributed by atoms with Crippen LogP contribution in [0, 0.1) is 5.92 Å². The van der Waals surface area contributed by atoms with Crippen LogP contribution in [0.25, 0.3) is 0 Å². The largest absolute Gasteiger partial charge is 0.380 e. The molecule has 0 spiro atoms. The number of nitrogens with one attached hydrogen (secondary N) is 1. The van der Waals surface area contributed by atoms with E-state index in [0.29, 0.717) is 24.6 Å². The van der Waals surface area contributed by atoms with Gasteiger partial charge in [-0.1, -0.05) is 37.5 Å². The number of hydrogen-bond donors (Lipinski definition) is 2. The van der Waals surface area contributed by atoms with E-state index in [-0.39, 0.29) is 24.4 Å². The van der Waals surface area contributed by atoms with Crippen LogP contribution in [0.1, 0.15) is 48.0 Å². The first-order chi connectivity index (χ1) is 10.3. The third-order valence-corrected chi connectivity index (χ3v) is 4.35. The van der Waals surface area contributed by atoms with Gasteiger partial charge >= 0.3 is 0 Å². The zero-order chi connectivity index (χ0) is 15.1. The molecular formula is C17H27ClN2O2. The molecule has 0 heterocycles. The number of hydrogen-bond acceptors (Lipinski definition) is 3. The predicted octanol–water partition coefficient (Wildman–Crippen LogP) is 2.89. The number of nitrogens with two attached hydrogens (primary N) is 1. The summed E-state index contributed by atoms with van der Waals surface area (Å²) >= 11 is 0. The van der Waals surface area contributed by atoms with Crippen LogP contribution in [-0.2, 0) is 11.3 Å². The monoisotopic (exact) mass is 326 g/mol. The molecule has 0 aromatic heterocycles. The molecule has 1 unspecified atom stereocenters. The average Bonchev–Trinajstić information content (AvgIpc) is 2.54. The van der Waals surface area contributed by atoms with Gasteiger partial charge in [-0.15, -0.1) is 12.4 Å². The standard InChI is InChI=1S/C17H26N2O2.ClH/c1-21-12-14-9-5-6-10-15(14)17(20)19-16(11-18)13-7-3-2-4-8-13;/h5-6,9-10,13,16H,2-4,7-8,11-12,18H2,1H3,(H,19,20);1H. The lowest BCUT2D eigenvalue weighted by Crippen LogP contribution is -2.46. The third kappa shape index (κ3) is 4.97. The Bertz CT molecular complexity index is 462. The van der Waals surface area contributed by atoms with Crippen molar-refractivity contribution < 1.29 is 9.53 Å². The Morgan fingerprint density at radius 1 is 1.32 bits per heavy atom. The van der Waals surface area contributed by atoms with Crippen LogP contribution in [0.2, 0.25) is 0 Å². The molecule has 1 amide bonds. The van der Waals surface area contributed by atoms with Crippen molar-refractivity contribution in [3.8, 4) is 0 Å². The summed E-state index contributed by atoms with van der Waals surface area (Å²) in [6, 6.07) is 7.65. The molecule has 1 saturated carbocycles. The van der Waals surface area contributed by atoms with Crippen molar-refractivity contribution in [2.45, 2.75) is 44.8 Å². The van der Waals surface area contributed by atoms with Gasteiger partial charge in [0.15, 0.2) is 0 Å². The molecule has 0 bridgehead atoms. The Labute approximate surface area is 139 Å². The fourth-order valence-electron chi connectivity index (χ4n) is 3.18. The summed E-state index contributed by atoms with van der Waals surface area (Å²) < 4.78 is 5.16. The van der Waals surface area contributed by atoms with Crippen LogP contribution in [-0.4, -0.2) is 25.6 Å². The lowest BCUT2D eigenvalue weighted by Gasteiger charge is -2.30. The molecule has 4 nitrogen and oxygen atoms in total. The van der Waals surface area contributed by atoms with Gasteiger partial charge < -0.3 is 15.8 Å². The minimum atomic E-state index is -0.0383. The minimum Gasteiger partial charge on any atom is -0.380 e. The van der Waals surface area contributed by atoms with Gasteiger partial charge in [-0.2, -0.15) is 0 Å². The van der Waals surface area contributed by atoms with Crippen molar-refractivity contribution in [2.75, 3.05) is 13.7 Å². The molecule has 1 fully saturated rings. The van der Waals surface area contributed by atoms with E-state index in [1.54, 1.807) is 7.11 Å². The minimum absolute atomic E-state index is 0. The predicted molar refractivity (Wildman–Crippen MR) is 91.3 cm³/mol. The average molecular weight is 327 g/mol. The molecule has 0 saturated heterocycles. The number of carbonyl (C=O) groups excluding carboxylic acids is 1. The van der Waals surface area contributed by atoms with E-state index in [9.17, 15) is 4.79 Å². The van der Waals surface area contributed by atoms with Crippen molar-refractivity contribution in [1.82, 2.24) is 5.32 Å². The van der Waals surface area contributed by atoms with Gasteiger partial charge in [-0.25, -0.2) is 0 Å². The SMILES string of the molecule is COCc1ccccc1C(=O)NC(CN)C1CCCCC1.Cl. The van der Waals surface area contributed by atoms with Gasteiger partial charge in [-0.05, 0) is 30.4 Å². The second-order valence-corrected chi connectivity index (χ2v) is 5.80. The van der Waals surface area contributed by atoms with E-state index >= 15 is 0 Å². The van der Waals surface area contributed by atoms with Crippen LogP contribution in [0.15, 0.2) is 24.3 Å². The number of carbonyl (C=O) groups is 1. The molecule has 2 rings (SSSR count). The van der Waals surface area contributed by atoms with Crippen LogP contribution in [0.5, 0.6) is 0 Å². The summed E-state index contributed by atoms with van der Waals surface area (Å²) in [6.45, 7) is 0.948. The normalized spacial score (nSPS) is 16.6. The fraction of sp³-hybridized carbons (Fsp3) is 0.588.